The second kappa shape index (κ2) is 9.25. The van der Waals surface area contributed by atoms with E-state index in [4.69, 9.17) is 23.2 Å². The molecule has 0 aromatic carbocycles. The molecule has 0 aliphatic carbocycles. The predicted octanol–water partition coefficient (Wildman–Crippen LogP) is 4.06. The molecule has 1 nitrogen and oxygen atoms in total. The minimum atomic E-state index is 0.230. The predicted molar refractivity (Wildman–Crippen MR) is 64.6 cm³/mol. The number of rotatable bonds is 6. The van der Waals surface area contributed by atoms with Crippen molar-refractivity contribution in [2.45, 2.75) is 19.8 Å². The first-order valence-corrected chi connectivity index (χ1v) is 6.73. The van der Waals surface area contributed by atoms with Crippen LogP contribution in [0.1, 0.15) is 19.8 Å². The molecule has 0 spiro atoms. The average molecular weight is 259 g/mol. The van der Waals surface area contributed by atoms with Crippen LogP contribution in [-0.4, -0.2) is 16.6 Å². The van der Waals surface area contributed by atoms with Crippen LogP contribution >= 0.6 is 46.7 Å². The monoisotopic (exact) mass is 258 g/mol. The Morgan fingerprint density at radius 1 is 1.38 bits per heavy atom. The van der Waals surface area contributed by atoms with E-state index in [1.165, 1.54) is 29.1 Å². The van der Waals surface area contributed by atoms with Crippen LogP contribution < -0.4 is 0 Å². The third kappa shape index (κ3) is 9.01. The van der Waals surface area contributed by atoms with Crippen LogP contribution in [0, 0.1) is 0 Å². The lowest BCUT2D eigenvalue weighted by molar-refractivity contribution is -0.110. The molecule has 0 aliphatic rings. The van der Waals surface area contributed by atoms with Crippen molar-refractivity contribution >= 4 is 51.8 Å². The van der Waals surface area contributed by atoms with Crippen molar-refractivity contribution in [2.75, 3.05) is 11.5 Å². The van der Waals surface area contributed by atoms with E-state index in [0.29, 0.717) is 16.5 Å². The van der Waals surface area contributed by atoms with Crippen LogP contribution in [0.5, 0.6) is 0 Å². The van der Waals surface area contributed by atoms with Gasteiger partial charge in [-0.2, -0.15) is 0 Å². The summed E-state index contributed by atoms with van der Waals surface area (Å²) in [7, 11) is 0. The molecule has 76 valence electrons. The maximum absolute atomic E-state index is 11.1. The smallest absolute Gasteiger partial charge is 0.189 e. The zero-order chi connectivity index (χ0) is 10.1. The van der Waals surface area contributed by atoms with Gasteiger partial charge in [0.2, 0.25) is 0 Å². The van der Waals surface area contributed by atoms with Gasteiger partial charge in [0, 0.05) is 23.5 Å². The lowest BCUT2D eigenvalue weighted by atomic mass is 10.5. The highest BCUT2D eigenvalue weighted by molar-refractivity contribution is 8.13. The zero-order valence-corrected chi connectivity index (χ0v) is 10.5. The third-order valence-electron chi connectivity index (χ3n) is 1.10. The fraction of sp³-hybridized carbons (Fsp3) is 0.625. The van der Waals surface area contributed by atoms with E-state index in [-0.39, 0.29) is 5.12 Å². The summed E-state index contributed by atoms with van der Waals surface area (Å²) in [6, 6.07) is 0. The molecule has 0 saturated heterocycles. The minimum Gasteiger partial charge on any atom is -0.287 e. The zero-order valence-electron chi connectivity index (χ0n) is 7.39. The Morgan fingerprint density at radius 3 is 2.62 bits per heavy atom. The standard InChI is InChI=1S/C8H12Cl2OS2/c1-2-4-13-8(11)3-5-12-7(10)6-9/h6H,2-5H2,1H3/b7-6+. The van der Waals surface area contributed by atoms with E-state index < -0.39 is 0 Å². The average Bonchev–Trinajstić information content (AvgIpc) is 2.14. The second-order valence-electron chi connectivity index (χ2n) is 2.23. The van der Waals surface area contributed by atoms with E-state index in [1.54, 1.807) is 0 Å². The van der Waals surface area contributed by atoms with Crippen molar-refractivity contribution < 1.29 is 4.79 Å². The number of halogens is 2. The first-order valence-electron chi connectivity index (χ1n) is 3.95. The second-order valence-corrected chi connectivity index (χ2v) is 5.37. The highest BCUT2D eigenvalue weighted by Crippen LogP contribution is 2.22. The lowest BCUT2D eigenvalue weighted by Crippen LogP contribution is -1.94. The summed E-state index contributed by atoms with van der Waals surface area (Å²) >= 11 is 13.8. The topological polar surface area (TPSA) is 17.1 Å². The van der Waals surface area contributed by atoms with Crippen LogP contribution in [0.25, 0.3) is 0 Å². The minimum absolute atomic E-state index is 0.230. The molecule has 0 saturated carbocycles. The van der Waals surface area contributed by atoms with Gasteiger partial charge in [-0.25, -0.2) is 0 Å². The molecule has 0 bridgehead atoms. The van der Waals surface area contributed by atoms with E-state index in [0.717, 1.165) is 12.2 Å². The molecule has 0 aromatic heterocycles. The van der Waals surface area contributed by atoms with Gasteiger partial charge in [0.25, 0.3) is 0 Å². The third-order valence-corrected chi connectivity index (χ3v) is 3.94. The van der Waals surface area contributed by atoms with Gasteiger partial charge in [-0.05, 0) is 6.42 Å². The molecule has 0 atom stereocenters. The summed E-state index contributed by atoms with van der Waals surface area (Å²) in [5.41, 5.74) is 1.32. The number of thioether (sulfide) groups is 2. The van der Waals surface area contributed by atoms with E-state index in [1.807, 2.05) is 0 Å². The maximum Gasteiger partial charge on any atom is 0.189 e. The van der Waals surface area contributed by atoms with Crippen molar-refractivity contribution in [1.29, 1.82) is 0 Å². The highest BCUT2D eigenvalue weighted by Gasteiger charge is 2.02. The quantitative estimate of drug-likeness (QED) is 0.716. The van der Waals surface area contributed by atoms with Crippen LogP contribution in [0.4, 0.5) is 0 Å². The summed E-state index contributed by atoms with van der Waals surface area (Å²) < 4.78 is 0.537. The Kier molecular flexibility index (Phi) is 9.74. The molecular weight excluding hydrogens is 247 g/mol. The molecule has 0 aliphatic heterocycles. The fourth-order valence-electron chi connectivity index (χ4n) is 0.551. The number of hydrogen-bond acceptors (Lipinski definition) is 3. The molecule has 0 radical (unpaired) electrons. The molecular formula is C8H12Cl2OS2. The van der Waals surface area contributed by atoms with Crippen LogP contribution in [0.15, 0.2) is 9.90 Å². The SMILES string of the molecule is CCCSC(=O)CCS/C(Cl)=C/Cl. The summed E-state index contributed by atoms with van der Waals surface area (Å²) in [6.07, 6.45) is 1.59. The molecule has 0 aromatic rings. The van der Waals surface area contributed by atoms with Gasteiger partial charge < -0.3 is 0 Å². The van der Waals surface area contributed by atoms with Crippen molar-refractivity contribution in [3.05, 3.63) is 9.90 Å². The van der Waals surface area contributed by atoms with Gasteiger partial charge >= 0.3 is 0 Å². The van der Waals surface area contributed by atoms with E-state index >= 15 is 0 Å². The van der Waals surface area contributed by atoms with E-state index in [2.05, 4.69) is 6.92 Å². The summed E-state index contributed by atoms with van der Waals surface area (Å²) in [5.74, 6) is 1.61. The summed E-state index contributed by atoms with van der Waals surface area (Å²) in [6.45, 7) is 2.06. The lowest BCUT2D eigenvalue weighted by Gasteiger charge is -1.98. The Hall–Kier alpha value is 0.690. The van der Waals surface area contributed by atoms with Gasteiger partial charge in [-0.3, -0.25) is 4.79 Å². The van der Waals surface area contributed by atoms with Gasteiger partial charge in [0.15, 0.2) is 5.12 Å². The normalized spacial score (nSPS) is 11.8. The Balaban J connectivity index is 3.37. The molecule has 5 heteroatoms. The summed E-state index contributed by atoms with van der Waals surface area (Å²) in [4.78, 5) is 11.1. The molecule has 0 rings (SSSR count). The van der Waals surface area contributed by atoms with Crippen molar-refractivity contribution in [3.8, 4) is 0 Å². The first-order chi connectivity index (χ1) is 6.20. The van der Waals surface area contributed by atoms with Crippen LogP contribution in [0.3, 0.4) is 0 Å². The van der Waals surface area contributed by atoms with Gasteiger partial charge in [0.1, 0.15) is 0 Å². The highest BCUT2D eigenvalue weighted by atomic mass is 35.5. The Bertz CT molecular complexity index is 183. The van der Waals surface area contributed by atoms with Crippen molar-refractivity contribution in [1.82, 2.24) is 0 Å². The number of carbonyl (C=O) groups is 1. The van der Waals surface area contributed by atoms with Gasteiger partial charge in [-0.1, -0.05) is 41.9 Å². The summed E-state index contributed by atoms with van der Waals surface area (Å²) in [5, 5.41) is 0.230. The Morgan fingerprint density at radius 2 is 2.08 bits per heavy atom. The Labute approximate surface area is 97.6 Å². The molecule has 0 fully saturated rings. The molecule has 0 amide bonds. The maximum atomic E-state index is 11.1. The van der Waals surface area contributed by atoms with Crippen molar-refractivity contribution in [3.63, 3.8) is 0 Å². The molecule has 0 N–H and O–H groups in total. The fourth-order valence-corrected chi connectivity index (χ4v) is 2.32. The molecule has 0 unspecified atom stereocenters. The molecule has 0 heterocycles. The largest absolute Gasteiger partial charge is 0.287 e. The van der Waals surface area contributed by atoms with Gasteiger partial charge in [-0.15, -0.1) is 11.8 Å². The van der Waals surface area contributed by atoms with Crippen LogP contribution in [0.2, 0.25) is 0 Å². The first kappa shape index (κ1) is 13.7. The number of carbonyl (C=O) groups excluding carboxylic acids is 1. The van der Waals surface area contributed by atoms with Gasteiger partial charge in [0.05, 0.1) is 4.36 Å². The molecule has 13 heavy (non-hydrogen) atoms. The number of hydrogen-bond donors (Lipinski definition) is 0. The van der Waals surface area contributed by atoms with Crippen LogP contribution in [-0.2, 0) is 4.79 Å². The van der Waals surface area contributed by atoms with Crippen molar-refractivity contribution in [2.24, 2.45) is 0 Å². The van der Waals surface area contributed by atoms with E-state index in [9.17, 15) is 4.79 Å².